The van der Waals surface area contributed by atoms with Gasteiger partial charge in [-0.3, -0.25) is 4.79 Å². The number of carbonyl (C=O) groups is 1. The lowest BCUT2D eigenvalue weighted by Gasteiger charge is -2.27. The topological polar surface area (TPSA) is 59.2 Å². The highest BCUT2D eigenvalue weighted by molar-refractivity contribution is 5.98. The van der Waals surface area contributed by atoms with Crippen molar-refractivity contribution < 1.29 is 4.79 Å². The second kappa shape index (κ2) is 4.61. The Hall–Kier alpha value is -1.42. The first kappa shape index (κ1) is 11.1. The quantitative estimate of drug-likeness (QED) is 0.759. The number of aromatic nitrogens is 1. The molecule has 0 aliphatic carbocycles. The summed E-state index contributed by atoms with van der Waals surface area (Å²) >= 11 is 0. The molecule has 1 fully saturated rings. The zero-order chi connectivity index (χ0) is 11.5. The second-order valence-electron chi connectivity index (χ2n) is 4.41. The summed E-state index contributed by atoms with van der Waals surface area (Å²) in [5, 5.41) is 0. The molecule has 2 heterocycles. The van der Waals surface area contributed by atoms with Crippen LogP contribution in [0.2, 0.25) is 0 Å². The number of nitrogens with zero attached hydrogens (tertiary/aromatic N) is 2. The molecule has 0 atom stereocenters. The van der Waals surface area contributed by atoms with Gasteiger partial charge in [-0.1, -0.05) is 0 Å². The van der Waals surface area contributed by atoms with Gasteiger partial charge in [-0.2, -0.15) is 0 Å². The van der Waals surface area contributed by atoms with Gasteiger partial charge in [-0.15, -0.1) is 0 Å². The highest BCUT2D eigenvalue weighted by atomic mass is 16.1. The van der Waals surface area contributed by atoms with Gasteiger partial charge in [0.15, 0.2) is 5.78 Å². The molecule has 4 heteroatoms. The molecule has 2 N–H and O–H groups in total. The Balaban J connectivity index is 2.08. The summed E-state index contributed by atoms with van der Waals surface area (Å²) in [6.07, 6.45) is 3.48. The number of hydrogen-bond donors (Lipinski definition) is 1. The number of rotatable bonds is 2. The monoisotopic (exact) mass is 219 g/mol. The third-order valence-corrected chi connectivity index (χ3v) is 3.15. The van der Waals surface area contributed by atoms with Crippen molar-refractivity contribution in [3.05, 3.63) is 23.9 Å². The summed E-state index contributed by atoms with van der Waals surface area (Å²) in [6, 6.07) is 3.41. The van der Waals surface area contributed by atoms with Crippen molar-refractivity contribution in [1.29, 1.82) is 0 Å². The van der Waals surface area contributed by atoms with E-state index in [1.54, 1.807) is 18.3 Å². The van der Waals surface area contributed by atoms with Gasteiger partial charge >= 0.3 is 0 Å². The van der Waals surface area contributed by atoms with Crippen LogP contribution in [0.3, 0.4) is 0 Å². The van der Waals surface area contributed by atoms with Gasteiger partial charge in [0.2, 0.25) is 0 Å². The van der Waals surface area contributed by atoms with E-state index in [-0.39, 0.29) is 11.7 Å². The molecule has 2 rings (SSSR count). The molecular weight excluding hydrogens is 202 g/mol. The zero-order valence-electron chi connectivity index (χ0n) is 9.52. The highest BCUT2D eigenvalue weighted by Crippen LogP contribution is 2.21. The maximum absolute atomic E-state index is 12.2. The summed E-state index contributed by atoms with van der Waals surface area (Å²) in [5.41, 5.74) is 6.27. The van der Waals surface area contributed by atoms with E-state index < -0.39 is 0 Å². The van der Waals surface area contributed by atoms with Gasteiger partial charge in [0, 0.05) is 17.7 Å². The number of ketones is 1. The van der Waals surface area contributed by atoms with E-state index >= 15 is 0 Å². The van der Waals surface area contributed by atoms with E-state index in [4.69, 9.17) is 5.73 Å². The van der Waals surface area contributed by atoms with E-state index in [9.17, 15) is 4.79 Å². The number of hydrogen-bond acceptors (Lipinski definition) is 4. The van der Waals surface area contributed by atoms with Crippen molar-refractivity contribution >= 4 is 11.6 Å². The fourth-order valence-electron chi connectivity index (χ4n) is 2.11. The van der Waals surface area contributed by atoms with Crippen LogP contribution < -0.4 is 5.73 Å². The van der Waals surface area contributed by atoms with Crippen molar-refractivity contribution in [1.82, 2.24) is 9.88 Å². The minimum absolute atomic E-state index is 0.151. The van der Waals surface area contributed by atoms with Crippen LogP contribution in [0.5, 0.6) is 0 Å². The molecule has 1 aromatic rings. The lowest BCUT2D eigenvalue weighted by molar-refractivity contribution is 0.0857. The summed E-state index contributed by atoms with van der Waals surface area (Å²) in [4.78, 5) is 18.3. The molecule has 0 aromatic carbocycles. The summed E-state index contributed by atoms with van der Waals surface area (Å²) in [5.74, 6) is 0.777. The minimum Gasteiger partial charge on any atom is -0.384 e. The third-order valence-electron chi connectivity index (χ3n) is 3.15. The van der Waals surface area contributed by atoms with E-state index in [0.29, 0.717) is 11.4 Å². The van der Waals surface area contributed by atoms with Crippen molar-refractivity contribution in [2.45, 2.75) is 12.8 Å². The predicted octanol–water partition coefficient (Wildman–Crippen LogP) is 1.19. The van der Waals surface area contributed by atoms with Crippen LogP contribution in [0.4, 0.5) is 5.82 Å². The van der Waals surface area contributed by atoms with E-state index in [1.165, 1.54) is 0 Å². The number of pyridine rings is 1. The summed E-state index contributed by atoms with van der Waals surface area (Å²) in [7, 11) is 2.09. The van der Waals surface area contributed by atoms with E-state index in [1.807, 2.05) is 0 Å². The lowest BCUT2D eigenvalue weighted by atomic mass is 9.89. The maximum Gasteiger partial charge on any atom is 0.166 e. The van der Waals surface area contributed by atoms with Crippen LogP contribution in [-0.2, 0) is 0 Å². The number of anilines is 1. The van der Waals surface area contributed by atoms with Crippen LogP contribution in [0.25, 0.3) is 0 Å². The predicted molar refractivity (Wildman–Crippen MR) is 63.2 cm³/mol. The van der Waals surface area contributed by atoms with Crippen LogP contribution in [0.1, 0.15) is 23.2 Å². The highest BCUT2D eigenvalue weighted by Gasteiger charge is 2.24. The van der Waals surface area contributed by atoms with Crippen LogP contribution in [0, 0.1) is 5.92 Å². The van der Waals surface area contributed by atoms with Gasteiger partial charge < -0.3 is 10.6 Å². The second-order valence-corrected chi connectivity index (χ2v) is 4.41. The fourth-order valence-corrected chi connectivity index (χ4v) is 2.11. The Labute approximate surface area is 95.5 Å². The smallest absolute Gasteiger partial charge is 0.166 e. The van der Waals surface area contributed by atoms with Gasteiger partial charge in [-0.25, -0.2) is 4.98 Å². The average Bonchev–Trinajstić information content (AvgIpc) is 2.29. The Bertz CT molecular complexity index is 384. The molecule has 0 unspecified atom stereocenters. The Morgan fingerprint density at radius 1 is 1.50 bits per heavy atom. The molecule has 0 bridgehead atoms. The number of likely N-dealkylation sites (tertiary alicyclic amines) is 1. The molecular formula is C12H17N3O. The minimum atomic E-state index is 0.151. The lowest BCUT2D eigenvalue weighted by Crippen LogP contribution is -2.33. The first-order valence-corrected chi connectivity index (χ1v) is 5.61. The Kier molecular flexibility index (Phi) is 3.19. The molecule has 0 amide bonds. The van der Waals surface area contributed by atoms with Gasteiger partial charge in [0.25, 0.3) is 0 Å². The van der Waals surface area contributed by atoms with Crippen molar-refractivity contribution in [2.75, 3.05) is 25.9 Å². The van der Waals surface area contributed by atoms with Crippen LogP contribution >= 0.6 is 0 Å². The molecule has 1 aliphatic heterocycles. The zero-order valence-corrected chi connectivity index (χ0v) is 9.52. The first-order valence-electron chi connectivity index (χ1n) is 5.61. The normalized spacial score (nSPS) is 18.6. The van der Waals surface area contributed by atoms with Crippen molar-refractivity contribution in [3.8, 4) is 0 Å². The molecule has 0 saturated carbocycles. The number of nitrogens with two attached hydrogens (primary N) is 1. The number of Topliss-reactive ketones (excluding diaryl/α,β-unsaturated/α-hetero) is 1. The van der Waals surface area contributed by atoms with Crippen LogP contribution in [0.15, 0.2) is 18.3 Å². The molecule has 1 aliphatic rings. The molecule has 0 spiro atoms. The fraction of sp³-hybridized carbons (Fsp3) is 0.500. The van der Waals surface area contributed by atoms with E-state index in [2.05, 4.69) is 16.9 Å². The molecule has 4 nitrogen and oxygen atoms in total. The summed E-state index contributed by atoms with van der Waals surface area (Å²) < 4.78 is 0. The number of nitrogen functional groups attached to an aromatic ring is 1. The van der Waals surface area contributed by atoms with Crippen molar-refractivity contribution in [3.63, 3.8) is 0 Å². The Morgan fingerprint density at radius 3 is 2.81 bits per heavy atom. The SMILES string of the molecule is CN1CCC(C(=O)c2ccnc(N)c2)CC1. The number of carbonyl (C=O) groups excluding carboxylic acids is 1. The average molecular weight is 219 g/mol. The standard InChI is InChI=1S/C12H17N3O/c1-15-6-3-9(4-7-15)12(16)10-2-5-14-11(13)8-10/h2,5,8-9H,3-4,6-7H2,1H3,(H2,13,14). The molecule has 0 radical (unpaired) electrons. The molecule has 86 valence electrons. The molecule has 16 heavy (non-hydrogen) atoms. The summed E-state index contributed by atoms with van der Waals surface area (Å²) in [6.45, 7) is 1.99. The largest absolute Gasteiger partial charge is 0.384 e. The number of piperidine rings is 1. The molecule has 1 aromatic heterocycles. The van der Waals surface area contributed by atoms with Crippen LogP contribution in [-0.4, -0.2) is 35.8 Å². The Morgan fingerprint density at radius 2 is 2.19 bits per heavy atom. The van der Waals surface area contributed by atoms with Gasteiger partial charge in [-0.05, 0) is 45.1 Å². The first-order chi connectivity index (χ1) is 7.66. The molecule has 1 saturated heterocycles. The van der Waals surface area contributed by atoms with Gasteiger partial charge in [0.05, 0.1) is 0 Å². The van der Waals surface area contributed by atoms with Gasteiger partial charge in [0.1, 0.15) is 5.82 Å². The maximum atomic E-state index is 12.2. The van der Waals surface area contributed by atoms with Crippen molar-refractivity contribution in [2.24, 2.45) is 5.92 Å². The van der Waals surface area contributed by atoms with E-state index in [0.717, 1.165) is 25.9 Å². The third kappa shape index (κ3) is 2.39.